The molecule has 0 aliphatic heterocycles. The van der Waals surface area contributed by atoms with Crippen molar-refractivity contribution in [1.82, 2.24) is 14.8 Å². The van der Waals surface area contributed by atoms with Gasteiger partial charge in [0, 0.05) is 28.6 Å². The van der Waals surface area contributed by atoms with Crippen LogP contribution in [0.5, 0.6) is 5.75 Å². The van der Waals surface area contributed by atoms with E-state index in [0.29, 0.717) is 11.8 Å². The quantitative estimate of drug-likeness (QED) is 0.620. The highest BCUT2D eigenvalue weighted by atomic mass is 32.2. The van der Waals surface area contributed by atoms with Crippen molar-refractivity contribution in [3.63, 3.8) is 0 Å². The maximum Gasteiger partial charge on any atom is 0.234 e. The number of nitrogens with one attached hydrogen (secondary N) is 1. The number of benzene rings is 1. The summed E-state index contributed by atoms with van der Waals surface area (Å²) in [6.07, 6.45) is 0. The molecule has 0 aliphatic rings. The summed E-state index contributed by atoms with van der Waals surface area (Å²) in [7, 11) is 1.91. The van der Waals surface area contributed by atoms with E-state index in [1.54, 1.807) is 11.3 Å². The van der Waals surface area contributed by atoms with Crippen molar-refractivity contribution in [3.05, 3.63) is 40.6 Å². The molecule has 1 amide bonds. The molecule has 0 aliphatic carbocycles. The van der Waals surface area contributed by atoms with Gasteiger partial charge in [-0.3, -0.25) is 4.79 Å². The number of thioether (sulfide) groups is 1. The number of hydrogen-bond acceptors (Lipinski definition) is 6. The van der Waals surface area contributed by atoms with Crippen molar-refractivity contribution >= 4 is 34.7 Å². The van der Waals surface area contributed by atoms with Gasteiger partial charge in [-0.15, -0.1) is 21.5 Å². The van der Waals surface area contributed by atoms with Gasteiger partial charge in [0.15, 0.2) is 11.0 Å². The van der Waals surface area contributed by atoms with Gasteiger partial charge >= 0.3 is 0 Å². The van der Waals surface area contributed by atoms with Crippen molar-refractivity contribution in [2.75, 3.05) is 17.7 Å². The van der Waals surface area contributed by atoms with E-state index in [-0.39, 0.29) is 11.7 Å². The number of carbonyl (C=O) groups is 1. The molecule has 0 fully saturated rings. The van der Waals surface area contributed by atoms with Gasteiger partial charge in [0.1, 0.15) is 5.75 Å². The second-order valence-corrected chi connectivity index (χ2v) is 7.66. The van der Waals surface area contributed by atoms with E-state index < -0.39 is 0 Å². The highest BCUT2D eigenvalue weighted by molar-refractivity contribution is 7.99. The van der Waals surface area contributed by atoms with Crippen LogP contribution in [0.25, 0.3) is 11.4 Å². The van der Waals surface area contributed by atoms with Gasteiger partial charge in [0.05, 0.1) is 12.4 Å². The maximum absolute atomic E-state index is 12.2. The number of rotatable bonds is 7. The second kappa shape index (κ2) is 8.37. The Morgan fingerprint density at radius 2 is 2.08 bits per heavy atom. The number of anilines is 1. The molecule has 8 heteroatoms. The zero-order valence-electron chi connectivity index (χ0n) is 14.9. The predicted molar refractivity (Wildman–Crippen MR) is 106 cm³/mol. The average molecular weight is 389 g/mol. The number of nitrogens with zero attached hydrogens (tertiary/aromatic N) is 3. The lowest BCUT2D eigenvalue weighted by atomic mass is 10.3. The molecule has 0 bridgehead atoms. The average Bonchev–Trinajstić information content (AvgIpc) is 3.21. The second-order valence-electron chi connectivity index (χ2n) is 5.61. The smallest absolute Gasteiger partial charge is 0.234 e. The lowest BCUT2D eigenvalue weighted by Crippen LogP contribution is -2.14. The zero-order chi connectivity index (χ0) is 18.5. The Bertz CT molecular complexity index is 887. The third kappa shape index (κ3) is 4.44. The van der Waals surface area contributed by atoms with E-state index in [9.17, 15) is 4.79 Å². The summed E-state index contributed by atoms with van der Waals surface area (Å²) in [6.45, 7) is 4.61. The zero-order valence-corrected chi connectivity index (χ0v) is 16.5. The summed E-state index contributed by atoms with van der Waals surface area (Å²) in [4.78, 5) is 13.4. The van der Waals surface area contributed by atoms with Gasteiger partial charge in [-0.1, -0.05) is 11.8 Å². The summed E-state index contributed by atoms with van der Waals surface area (Å²) in [5.74, 6) is 1.77. The Balaban J connectivity index is 1.57. The fraction of sp³-hybridized carbons (Fsp3) is 0.278. The number of amides is 1. The molecule has 3 aromatic rings. The summed E-state index contributed by atoms with van der Waals surface area (Å²) in [5.41, 5.74) is 1.79. The fourth-order valence-electron chi connectivity index (χ4n) is 2.38. The van der Waals surface area contributed by atoms with E-state index in [2.05, 4.69) is 33.9 Å². The van der Waals surface area contributed by atoms with Crippen LogP contribution >= 0.6 is 23.1 Å². The lowest BCUT2D eigenvalue weighted by molar-refractivity contribution is -0.113. The normalized spacial score (nSPS) is 10.7. The van der Waals surface area contributed by atoms with E-state index in [4.69, 9.17) is 4.74 Å². The molecule has 2 heterocycles. The molecule has 1 N–H and O–H groups in total. The monoisotopic (exact) mass is 388 g/mol. The molecule has 3 rings (SSSR count). The molecule has 0 radical (unpaired) electrons. The number of carbonyl (C=O) groups excluding carboxylic acids is 1. The van der Waals surface area contributed by atoms with Gasteiger partial charge in [0.2, 0.25) is 5.91 Å². The van der Waals surface area contributed by atoms with Crippen LogP contribution in [0.4, 0.5) is 5.69 Å². The predicted octanol–water partition coefficient (Wildman–Crippen LogP) is 3.98. The maximum atomic E-state index is 12.2. The summed E-state index contributed by atoms with van der Waals surface area (Å²) in [5, 5.41) is 14.1. The van der Waals surface area contributed by atoms with Crippen LogP contribution in [0, 0.1) is 6.92 Å². The first-order valence-corrected chi connectivity index (χ1v) is 10.0. The minimum absolute atomic E-state index is 0.0879. The number of hydrogen-bond donors (Lipinski definition) is 1. The van der Waals surface area contributed by atoms with Crippen LogP contribution in [0.3, 0.4) is 0 Å². The van der Waals surface area contributed by atoms with Crippen molar-refractivity contribution in [2.24, 2.45) is 7.05 Å². The Morgan fingerprint density at radius 1 is 1.31 bits per heavy atom. The van der Waals surface area contributed by atoms with Crippen LogP contribution in [-0.4, -0.2) is 33.0 Å². The third-order valence-electron chi connectivity index (χ3n) is 3.61. The summed E-state index contributed by atoms with van der Waals surface area (Å²) >= 11 is 3.04. The van der Waals surface area contributed by atoms with Crippen LogP contribution in [0.15, 0.2) is 40.9 Å². The lowest BCUT2D eigenvalue weighted by Gasteiger charge is -2.07. The minimum Gasteiger partial charge on any atom is -0.494 e. The number of aromatic nitrogens is 3. The van der Waals surface area contributed by atoms with Gasteiger partial charge in [-0.25, -0.2) is 0 Å². The van der Waals surface area contributed by atoms with Crippen molar-refractivity contribution in [2.45, 2.75) is 19.0 Å². The SMILES string of the molecule is CCOc1ccc(NC(=O)CSc2nnc(-c3csc(C)c3)n2C)cc1. The van der Waals surface area contributed by atoms with Gasteiger partial charge in [0.25, 0.3) is 0 Å². The van der Waals surface area contributed by atoms with Gasteiger partial charge < -0.3 is 14.6 Å². The summed E-state index contributed by atoms with van der Waals surface area (Å²) < 4.78 is 7.30. The number of thiophene rings is 1. The van der Waals surface area contributed by atoms with Crippen molar-refractivity contribution in [3.8, 4) is 17.1 Å². The highest BCUT2D eigenvalue weighted by Crippen LogP contribution is 2.26. The molecule has 26 heavy (non-hydrogen) atoms. The van der Waals surface area contributed by atoms with E-state index >= 15 is 0 Å². The largest absolute Gasteiger partial charge is 0.494 e. The molecular formula is C18H20N4O2S2. The molecule has 6 nitrogen and oxygen atoms in total. The van der Waals surface area contributed by atoms with E-state index in [1.807, 2.05) is 42.8 Å². The van der Waals surface area contributed by atoms with Crippen LogP contribution in [0.1, 0.15) is 11.8 Å². The number of ether oxygens (including phenoxy) is 1. The number of aryl methyl sites for hydroxylation is 1. The van der Waals surface area contributed by atoms with E-state index in [0.717, 1.165) is 22.8 Å². The minimum atomic E-state index is -0.0879. The fourth-order valence-corrected chi connectivity index (χ4v) is 3.77. The molecule has 0 saturated heterocycles. The third-order valence-corrected chi connectivity index (χ3v) is 5.49. The first-order valence-electron chi connectivity index (χ1n) is 8.17. The molecule has 0 saturated carbocycles. The summed E-state index contributed by atoms with van der Waals surface area (Å²) in [6, 6.07) is 9.41. The molecule has 136 valence electrons. The standard InChI is InChI=1S/C18H20N4O2S2/c1-4-24-15-7-5-14(6-8-15)19-16(23)11-26-18-21-20-17(22(18)3)13-9-12(2)25-10-13/h5-10H,4,11H2,1-3H3,(H,19,23). The van der Waals surface area contributed by atoms with Crippen molar-refractivity contribution in [1.29, 1.82) is 0 Å². The Kier molecular flexibility index (Phi) is 5.95. The first-order chi connectivity index (χ1) is 12.6. The van der Waals surface area contributed by atoms with Gasteiger partial charge in [-0.2, -0.15) is 0 Å². The van der Waals surface area contributed by atoms with E-state index in [1.165, 1.54) is 16.6 Å². The molecular weight excluding hydrogens is 368 g/mol. The van der Waals surface area contributed by atoms with Crippen LogP contribution in [-0.2, 0) is 11.8 Å². The highest BCUT2D eigenvalue weighted by Gasteiger charge is 2.14. The molecule has 2 aromatic heterocycles. The molecule has 0 unspecified atom stereocenters. The molecule has 0 atom stereocenters. The van der Waals surface area contributed by atoms with Crippen LogP contribution < -0.4 is 10.1 Å². The molecule has 0 spiro atoms. The van der Waals surface area contributed by atoms with Crippen LogP contribution in [0.2, 0.25) is 0 Å². The van der Waals surface area contributed by atoms with Crippen molar-refractivity contribution < 1.29 is 9.53 Å². The Labute approximate surface area is 160 Å². The topological polar surface area (TPSA) is 69.0 Å². The Hall–Kier alpha value is -2.32. The Morgan fingerprint density at radius 3 is 2.73 bits per heavy atom. The molecule has 1 aromatic carbocycles. The first kappa shape index (κ1) is 18.5. The van der Waals surface area contributed by atoms with Gasteiger partial charge in [-0.05, 0) is 44.2 Å².